The molecule has 1 heterocycles. The summed E-state index contributed by atoms with van der Waals surface area (Å²) in [6.07, 6.45) is -1.46. The lowest BCUT2D eigenvalue weighted by Crippen LogP contribution is -2.52. The van der Waals surface area contributed by atoms with Crippen LogP contribution in [0.4, 0.5) is 13.6 Å². The summed E-state index contributed by atoms with van der Waals surface area (Å²) in [4.78, 5) is 50.7. The summed E-state index contributed by atoms with van der Waals surface area (Å²) in [6, 6.07) is 10.2. The van der Waals surface area contributed by atoms with Gasteiger partial charge < -0.3 is 25.4 Å². The average Bonchev–Trinajstić information content (AvgIpc) is 3.37. The number of hydrogen-bond acceptors (Lipinski definition) is 6. The second kappa shape index (κ2) is 14.8. The number of ether oxygens (including phenoxy) is 2. The van der Waals surface area contributed by atoms with Gasteiger partial charge in [-0.1, -0.05) is 73.8 Å². The molecule has 1 saturated heterocycles. The van der Waals surface area contributed by atoms with Crippen molar-refractivity contribution in [2.24, 2.45) is 5.92 Å². The molecule has 0 aliphatic carbocycles. The molecular formula is C29H34ClF2N3O6. The largest absolute Gasteiger partial charge is 0.467 e. The van der Waals surface area contributed by atoms with E-state index in [1.807, 2.05) is 6.92 Å². The Balaban J connectivity index is 1.79. The van der Waals surface area contributed by atoms with E-state index in [0.717, 1.165) is 13.2 Å². The lowest BCUT2D eigenvalue weighted by atomic mass is 9.97. The molecule has 1 fully saturated rings. The molecule has 1 aliphatic heterocycles. The quantitative estimate of drug-likeness (QED) is 0.291. The normalized spacial score (nSPS) is 17.1. The standard InChI is InChI=1S/C29H34ClF2N3O6/c1-3-4-13-22(26(37)34-23(27(38)40-2)16-19-14-15-33-25(19)36)35-28(39)41-24(18-9-6-5-7-10-18)29(31,32)20-11-8-12-21(30)17-20/h5-12,17,19,22-24H,3-4,13-16H2,1-2H3,(H,33,36)(H,34,37)(H,35,39)/t19-,22-,23-,24?/m0/s1. The molecule has 12 heteroatoms. The van der Waals surface area contributed by atoms with E-state index >= 15 is 8.78 Å². The molecule has 1 unspecified atom stereocenters. The van der Waals surface area contributed by atoms with Crippen molar-refractivity contribution in [2.45, 2.75) is 63.1 Å². The molecule has 0 radical (unpaired) electrons. The Morgan fingerprint density at radius 2 is 1.83 bits per heavy atom. The van der Waals surface area contributed by atoms with Gasteiger partial charge in [-0.2, -0.15) is 8.78 Å². The molecule has 1 aliphatic rings. The number of unbranched alkanes of at least 4 members (excludes halogenated alkanes) is 1. The molecule has 0 spiro atoms. The van der Waals surface area contributed by atoms with Crippen LogP contribution in [0, 0.1) is 5.92 Å². The molecule has 2 aromatic rings. The van der Waals surface area contributed by atoms with Crippen molar-refractivity contribution >= 4 is 35.5 Å². The first-order valence-corrected chi connectivity index (χ1v) is 13.8. The van der Waals surface area contributed by atoms with Crippen LogP contribution in [0.15, 0.2) is 54.6 Å². The number of benzene rings is 2. The predicted octanol–water partition coefficient (Wildman–Crippen LogP) is 4.64. The van der Waals surface area contributed by atoms with Crippen LogP contribution in [0.5, 0.6) is 0 Å². The summed E-state index contributed by atoms with van der Waals surface area (Å²) in [5, 5.41) is 7.70. The van der Waals surface area contributed by atoms with Crippen LogP contribution < -0.4 is 16.0 Å². The first-order valence-electron chi connectivity index (χ1n) is 13.4. The van der Waals surface area contributed by atoms with E-state index in [1.165, 1.54) is 42.5 Å². The fourth-order valence-electron chi connectivity index (χ4n) is 4.57. The molecule has 0 aromatic heterocycles. The van der Waals surface area contributed by atoms with Crippen LogP contribution in [0.2, 0.25) is 5.02 Å². The second-order valence-electron chi connectivity index (χ2n) is 9.77. The minimum atomic E-state index is -3.68. The third-order valence-electron chi connectivity index (χ3n) is 6.81. The van der Waals surface area contributed by atoms with E-state index in [2.05, 4.69) is 16.0 Å². The van der Waals surface area contributed by atoms with Gasteiger partial charge in [0.2, 0.25) is 11.8 Å². The van der Waals surface area contributed by atoms with Crippen LogP contribution >= 0.6 is 11.6 Å². The highest BCUT2D eigenvalue weighted by Gasteiger charge is 2.46. The zero-order chi connectivity index (χ0) is 30.0. The highest BCUT2D eigenvalue weighted by Crippen LogP contribution is 2.43. The minimum absolute atomic E-state index is 0.0110. The lowest BCUT2D eigenvalue weighted by Gasteiger charge is -2.29. The SMILES string of the molecule is CCCC[C@H](NC(=O)OC(c1ccccc1)C(F)(F)c1cccc(Cl)c1)C(=O)N[C@@H](C[C@@H]1CCNC1=O)C(=O)OC. The number of nitrogens with one attached hydrogen (secondary N) is 3. The van der Waals surface area contributed by atoms with Crippen molar-refractivity contribution in [1.82, 2.24) is 16.0 Å². The van der Waals surface area contributed by atoms with Crippen LogP contribution in [0.25, 0.3) is 0 Å². The van der Waals surface area contributed by atoms with Crippen LogP contribution in [-0.2, 0) is 29.8 Å². The number of halogens is 3. The van der Waals surface area contributed by atoms with E-state index in [4.69, 9.17) is 21.1 Å². The molecule has 3 N–H and O–H groups in total. The summed E-state index contributed by atoms with van der Waals surface area (Å²) in [5.74, 6) is -5.89. The third kappa shape index (κ3) is 8.63. The zero-order valence-corrected chi connectivity index (χ0v) is 23.6. The van der Waals surface area contributed by atoms with Crippen molar-refractivity contribution in [2.75, 3.05) is 13.7 Å². The summed E-state index contributed by atoms with van der Waals surface area (Å²) in [6.45, 7) is 2.33. The molecule has 9 nitrogen and oxygen atoms in total. The maximum atomic E-state index is 15.7. The van der Waals surface area contributed by atoms with Gasteiger partial charge >= 0.3 is 18.0 Å². The number of carbonyl (C=O) groups excluding carboxylic acids is 4. The van der Waals surface area contributed by atoms with Crippen molar-refractivity contribution in [1.29, 1.82) is 0 Å². The van der Waals surface area contributed by atoms with E-state index in [-0.39, 0.29) is 29.3 Å². The van der Waals surface area contributed by atoms with E-state index in [0.29, 0.717) is 25.8 Å². The summed E-state index contributed by atoms with van der Waals surface area (Å²) >= 11 is 5.94. The van der Waals surface area contributed by atoms with Gasteiger partial charge in [0, 0.05) is 23.0 Å². The van der Waals surface area contributed by atoms with Crippen molar-refractivity contribution in [3.63, 3.8) is 0 Å². The van der Waals surface area contributed by atoms with Gasteiger partial charge in [0.05, 0.1) is 7.11 Å². The number of amides is 3. The number of esters is 1. The maximum absolute atomic E-state index is 15.7. The van der Waals surface area contributed by atoms with Crippen molar-refractivity contribution in [3.8, 4) is 0 Å². The fourth-order valence-corrected chi connectivity index (χ4v) is 4.76. The molecule has 2 aromatic carbocycles. The number of methoxy groups -OCH3 is 1. The number of carbonyl (C=O) groups is 4. The third-order valence-corrected chi connectivity index (χ3v) is 7.04. The predicted molar refractivity (Wildman–Crippen MR) is 147 cm³/mol. The number of hydrogen-bond donors (Lipinski definition) is 3. The van der Waals surface area contributed by atoms with Crippen LogP contribution in [0.1, 0.15) is 56.3 Å². The molecule has 0 bridgehead atoms. The summed E-state index contributed by atoms with van der Waals surface area (Å²) in [5.41, 5.74) is -0.424. The van der Waals surface area contributed by atoms with Gasteiger partial charge in [-0.15, -0.1) is 0 Å². The van der Waals surface area contributed by atoms with Crippen LogP contribution in [-0.4, -0.2) is 49.6 Å². The van der Waals surface area contributed by atoms with Gasteiger partial charge in [-0.05, 0) is 37.0 Å². The monoisotopic (exact) mass is 593 g/mol. The lowest BCUT2D eigenvalue weighted by molar-refractivity contribution is -0.146. The van der Waals surface area contributed by atoms with E-state index in [9.17, 15) is 19.2 Å². The Bertz CT molecular complexity index is 1220. The zero-order valence-electron chi connectivity index (χ0n) is 22.8. The molecule has 3 amide bonds. The van der Waals surface area contributed by atoms with Crippen molar-refractivity contribution in [3.05, 3.63) is 70.7 Å². The Morgan fingerprint density at radius 1 is 1.10 bits per heavy atom. The molecule has 41 heavy (non-hydrogen) atoms. The van der Waals surface area contributed by atoms with Gasteiger partial charge in [-0.25, -0.2) is 9.59 Å². The van der Waals surface area contributed by atoms with Gasteiger partial charge in [0.1, 0.15) is 12.1 Å². The molecular weight excluding hydrogens is 560 g/mol. The smallest absolute Gasteiger partial charge is 0.408 e. The van der Waals surface area contributed by atoms with Crippen molar-refractivity contribution < 1.29 is 37.4 Å². The Hall–Kier alpha value is -3.73. The molecule has 222 valence electrons. The van der Waals surface area contributed by atoms with E-state index < -0.39 is 53.6 Å². The summed E-state index contributed by atoms with van der Waals surface area (Å²) in [7, 11) is 1.16. The van der Waals surface area contributed by atoms with Gasteiger partial charge in [0.15, 0.2) is 6.10 Å². The first-order chi connectivity index (χ1) is 19.6. The number of rotatable bonds is 13. The van der Waals surface area contributed by atoms with Crippen LogP contribution in [0.3, 0.4) is 0 Å². The molecule has 4 atom stereocenters. The van der Waals surface area contributed by atoms with Gasteiger partial charge in [-0.3, -0.25) is 9.59 Å². The highest BCUT2D eigenvalue weighted by atomic mass is 35.5. The summed E-state index contributed by atoms with van der Waals surface area (Å²) < 4.78 is 41.6. The Morgan fingerprint density at radius 3 is 2.44 bits per heavy atom. The first kappa shape index (κ1) is 31.8. The highest BCUT2D eigenvalue weighted by molar-refractivity contribution is 6.30. The van der Waals surface area contributed by atoms with E-state index in [1.54, 1.807) is 6.07 Å². The Kier molecular flexibility index (Phi) is 11.5. The van der Waals surface area contributed by atoms with Gasteiger partial charge in [0.25, 0.3) is 0 Å². The average molecular weight is 594 g/mol. The topological polar surface area (TPSA) is 123 Å². The molecule has 0 saturated carbocycles. The number of alkyl carbamates (subject to hydrolysis) is 1. The number of alkyl halides is 2. The maximum Gasteiger partial charge on any atom is 0.408 e. The molecule has 3 rings (SSSR count). The fraction of sp³-hybridized carbons (Fsp3) is 0.448. The second-order valence-corrected chi connectivity index (χ2v) is 10.2. The minimum Gasteiger partial charge on any atom is -0.467 e. The Labute approximate surface area is 242 Å².